The van der Waals surface area contributed by atoms with E-state index in [1.165, 1.54) is 0 Å². The second kappa shape index (κ2) is 4.50. The van der Waals surface area contributed by atoms with Crippen LogP contribution in [0.5, 0.6) is 0 Å². The van der Waals surface area contributed by atoms with Gasteiger partial charge in [-0.25, -0.2) is 0 Å². The monoisotopic (exact) mass is 156 g/mol. The van der Waals surface area contributed by atoms with Gasteiger partial charge in [0.2, 0.25) is 0 Å². The molecule has 2 nitrogen and oxygen atoms in total. The van der Waals surface area contributed by atoms with E-state index in [9.17, 15) is 4.79 Å². The molecule has 2 unspecified atom stereocenters. The highest BCUT2D eigenvalue weighted by Crippen LogP contribution is 2.20. The van der Waals surface area contributed by atoms with Crippen molar-refractivity contribution < 1.29 is 9.53 Å². The third kappa shape index (κ3) is 2.62. The maximum Gasteiger partial charge on any atom is 0.148 e. The number of ether oxygens (including phenoxy) is 1. The maximum atomic E-state index is 10.4. The van der Waals surface area contributed by atoms with E-state index in [4.69, 9.17) is 4.74 Å². The summed E-state index contributed by atoms with van der Waals surface area (Å²) in [4.78, 5) is 10.4. The van der Waals surface area contributed by atoms with Gasteiger partial charge in [0.25, 0.3) is 0 Å². The van der Waals surface area contributed by atoms with Crippen LogP contribution >= 0.6 is 0 Å². The summed E-state index contributed by atoms with van der Waals surface area (Å²) in [7, 11) is 0. The van der Waals surface area contributed by atoms with E-state index < -0.39 is 0 Å². The van der Waals surface area contributed by atoms with Crippen molar-refractivity contribution >= 4 is 6.29 Å². The predicted octanol–water partition coefficient (Wildman–Crippen LogP) is 1.92. The number of aldehydes is 1. The van der Waals surface area contributed by atoms with E-state index in [1.54, 1.807) is 0 Å². The smallest absolute Gasteiger partial charge is 0.148 e. The normalized spacial score (nSPS) is 31.7. The van der Waals surface area contributed by atoms with Crippen molar-refractivity contribution in [2.24, 2.45) is 0 Å². The average Bonchev–Trinajstić information content (AvgIpc) is 2.06. The lowest BCUT2D eigenvalue weighted by molar-refractivity contribution is -0.127. The summed E-state index contributed by atoms with van der Waals surface area (Å²) in [6.07, 6.45) is 6.63. The predicted molar refractivity (Wildman–Crippen MR) is 43.5 cm³/mol. The molecule has 0 aromatic heterocycles. The molecule has 64 valence electrons. The van der Waals surface area contributed by atoms with Crippen LogP contribution in [0.2, 0.25) is 0 Å². The van der Waals surface area contributed by atoms with Crippen molar-refractivity contribution in [2.75, 3.05) is 0 Å². The van der Waals surface area contributed by atoms with Crippen LogP contribution in [0.15, 0.2) is 0 Å². The summed E-state index contributed by atoms with van der Waals surface area (Å²) in [6, 6.07) is 0. The number of carbonyl (C=O) groups is 1. The minimum absolute atomic E-state index is 0.111. The lowest BCUT2D eigenvalue weighted by Gasteiger charge is -2.26. The Balaban J connectivity index is 2.27. The number of rotatable bonds is 3. The number of carbonyl (C=O) groups excluding carboxylic acids is 1. The molecule has 1 heterocycles. The molecule has 11 heavy (non-hydrogen) atoms. The van der Waals surface area contributed by atoms with E-state index in [0.29, 0.717) is 6.10 Å². The Labute approximate surface area is 67.9 Å². The van der Waals surface area contributed by atoms with Crippen LogP contribution in [0.1, 0.15) is 39.0 Å². The fourth-order valence-corrected chi connectivity index (χ4v) is 1.56. The Hall–Kier alpha value is -0.370. The molecule has 1 rings (SSSR count). The standard InChI is InChI=1S/C9H16O2/c1-2-4-8-5-3-6-9(7-10)11-8/h7-9H,2-6H2,1H3. The molecule has 1 saturated heterocycles. The minimum atomic E-state index is -0.111. The lowest BCUT2D eigenvalue weighted by Crippen LogP contribution is -2.28. The van der Waals surface area contributed by atoms with Crippen LogP contribution in [-0.2, 0) is 9.53 Å². The summed E-state index contributed by atoms with van der Waals surface area (Å²) in [5.41, 5.74) is 0. The molecule has 1 fully saturated rings. The summed E-state index contributed by atoms with van der Waals surface area (Å²) in [5.74, 6) is 0. The third-order valence-corrected chi connectivity index (χ3v) is 2.14. The van der Waals surface area contributed by atoms with Crippen molar-refractivity contribution in [1.29, 1.82) is 0 Å². The van der Waals surface area contributed by atoms with Gasteiger partial charge in [0.1, 0.15) is 12.4 Å². The zero-order valence-electron chi connectivity index (χ0n) is 7.08. The van der Waals surface area contributed by atoms with E-state index in [-0.39, 0.29) is 6.10 Å². The first-order chi connectivity index (χ1) is 5.36. The molecule has 2 atom stereocenters. The number of hydrogen-bond acceptors (Lipinski definition) is 2. The largest absolute Gasteiger partial charge is 0.368 e. The lowest BCUT2D eigenvalue weighted by atomic mass is 10.0. The summed E-state index contributed by atoms with van der Waals surface area (Å²) >= 11 is 0. The quantitative estimate of drug-likeness (QED) is 0.583. The summed E-state index contributed by atoms with van der Waals surface area (Å²) in [5, 5.41) is 0. The minimum Gasteiger partial charge on any atom is -0.368 e. The zero-order chi connectivity index (χ0) is 8.10. The Morgan fingerprint density at radius 3 is 3.00 bits per heavy atom. The van der Waals surface area contributed by atoms with E-state index >= 15 is 0 Å². The fourth-order valence-electron chi connectivity index (χ4n) is 1.56. The Morgan fingerprint density at radius 2 is 2.36 bits per heavy atom. The van der Waals surface area contributed by atoms with E-state index in [1.807, 2.05) is 0 Å². The van der Waals surface area contributed by atoms with Gasteiger partial charge in [-0.3, -0.25) is 0 Å². The highest BCUT2D eigenvalue weighted by atomic mass is 16.5. The average molecular weight is 156 g/mol. The maximum absolute atomic E-state index is 10.4. The SMILES string of the molecule is CCCC1CCCC(C=O)O1. The van der Waals surface area contributed by atoms with Crippen LogP contribution < -0.4 is 0 Å². The van der Waals surface area contributed by atoms with Crippen molar-refractivity contribution in [3.8, 4) is 0 Å². The molecule has 2 heteroatoms. The highest BCUT2D eigenvalue weighted by Gasteiger charge is 2.20. The van der Waals surface area contributed by atoms with Crippen LogP contribution in [0.4, 0.5) is 0 Å². The molecule has 0 radical (unpaired) electrons. The molecule has 0 spiro atoms. The first-order valence-electron chi connectivity index (χ1n) is 4.47. The van der Waals surface area contributed by atoms with Gasteiger partial charge in [-0.1, -0.05) is 13.3 Å². The van der Waals surface area contributed by atoms with E-state index in [0.717, 1.165) is 38.4 Å². The number of hydrogen-bond donors (Lipinski definition) is 0. The first kappa shape index (κ1) is 8.72. The van der Waals surface area contributed by atoms with Gasteiger partial charge in [-0.2, -0.15) is 0 Å². The Kier molecular flexibility index (Phi) is 3.57. The zero-order valence-corrected chi connectivity index (χ0v) is 7.08. The molecule has 0 aromatic carbocycles. The molecule has 0 amide bonds. The first-order valence-corrected chi connectivity index (χ1v) is 4.47. The second-order valence-corrected chi connectivity index (χ2v) is 3.15. The van der Waals surface area contributed by atoms with Gasteiger partial charge in [0.05, 0.1) is 6.10 Å². The fraction of sp³-hybridized carbons (Fsp3) is 0.889. The van der Waals surface area contributed by atoms with Crippen molar-refractivity contribution in [2.45, 2.75) is 51.2 Å². The molecule has 0 saturated carbocycles. The van der Waals surface area contributed by atoms with Crippen LogP contribution in [0, 0.1) is 0 Å². The van der Waals surface area contributed by atoms with Crippen molar-refractivity contribution in [3.05, 3.63) is 0 Å². The van der Waals surface area contributed by atoms with Crippen molar-refractivity contribution in [3.63, 3.8) is 0 Å². The molecular formula is C9H16O2. The highest BCUT2D eigenvalue weighted by molar-refractivity contribution is 5.56. The molecule has 1 aliphatic heterocycles. The van der Waals surface area contributed by atoms with Crippen LogP contribution in [0.25, 0.3) is 0 Å². The van der Waals surface area contributed by atoms with Gasteiger partial charge in [0.15, 0.2) is 0 Å². The van der Waals surface area contributed by atoms with Gasteiger partial charge in [-0.05, 0) is 25.7 Å². The van der Waals surface area contributed by atoms with Crippen LogP contribution in [-0.4, -0.2) is 18.5 Å². The molecule has 0 bridgehead atoms. The summed E-state index contributed by atoms with van der Waals surface area (Å²) < 4.78 is 5.51. The molecule has 0 aromatic rings. The van der Waals surface area contributed by atoms with Crippen molar-refractivity contribution in [1.82, 2.24) is 0 Å². The Morgan fingerprint density at radius 1 is 1.55 bits per heavy atom. The van der Waals surface area contributed by atoms with E-state index in [2.05, 4.69) is 6.92 Å². The van der Waals surface area contributed by atoms with Gasteiger partial charge < -0.3 is 9.53 Å². The summed E-state index contributed by atoms with van der Waals surface area (Å²) in [6.45, 7) is 2.15. The third-order valence-electron chi connectivity index (χ3n) is 2.14. The molecule has 1 aliphatic rings. The molecule has 0 aliphatic carbocycles. The molecule has 0 N–H and O–H groups in total. The Bertz CT molecular complexity index is 121. The van der Waals surface area contributed by atoms with Crippen LogP contribution in [0.3, 0.4) is 0 Å². The van der Waals surface area contributed by atoms with Gasteiger partial charge >= 0.3 is 0 Å². The molecular weight excluding hydrogens is 140 g/mol. The van der Waals surface area contributed by atoms with Gasteiger partial charge in [-0.15, -0.1) is 0 Å². The van der Waals surface area contributed by atoms with Gasteiger partial charge in [0, 0.05) is 0 Å². The second-order valence-electron chi connectivity index (χ2n) is 3.15. The topological polar surface area (TPSA) is 26.3 Å².